The number of hydrogen-bond acceptors (Lipinski definition) is 7. The number of aldehydes is 1. The highest BCUT2D eigenvalue weighted by atomic mass is 32.1. The summed E-state index contributed by atoms with van der Waals surface area (Å²) in [6.07, 6.45) is -9.28. The first-order valence-corrected chi connectivity index (χ1v) is 17.8. The molecule has 1 atom stereocenters. The van der Waals surface area contributed by atoms with Crippen LogP contribution in [-0.4, -0.2) is 83.7 Å². The average Bonchev–Trinajstić information content (AvgIpc) is 3.89. The number of hydrogen-bond donors (Lipinski definition) is 2. The van der Waals surface area contributed by atoms with Gasteiger partial charge in [-0.3, -0.25) is 14.8 Å². The van der Waals surface area contributed by atoms with Crippen LogP contribution in [0.2, 0.25) is 0 Å². The van der Waals surface area contributed by atoms with Crippen molar-refractivity contribution in [1.82, 2.24) is 14.8 Å². The Balaban J connectivity index is 0.000000680. The van der Waals surface area contributed by atoms with Crippen LogP contribution in [0.1, 0.15) is 35.2 Å². The summed E-state index contributed by atoms with van der Waals surface area (Å²) in [5, 5.41) is 10.2. The summed E-state index contributed by atoms with van der Waals surface area (Å²) in [5.74, 6) is -1.89. The SMILES string of the molecule is CN1CC2(C1)CN(C(=O)/C(C=NCc1ccc(C(F)(F)F)cc1)=C/N)CC2/C=C(/Cc1cccc(-c2ccc(C(F)(F)F)cc2)n1)C(=O)O.O=CC1(C(F)(F)F)CC1.S. The van der Waals surface area contributed by atoms with Gasteiger partial charge in [0.25, 0.3) is 5.91 Å². The smallest absolute Gasteiger partial charge is 0.416 e. The number of carbonyl (C=O) groups excluding carboxylic acids is 2. The molecule has 0 radical (unpaired) electrons. The van der Waals surface area contributed by atoms with Gasteiger partial charge >= 0.3 is 24.5 Å². The van der Waals surface area contributed by atoms with Gasteiger partial charge < -0.3 is 25.4 Å². The number of halogens is 9. The van der Waals surface area contributed by atoms with Crippen LogP contribution in [-0.2, 0) is 39.7 Å². The first-order chi connectivity index (χ1) is 27.1. The Kier molecular flexibility index (Phi) is 14.2. The zero-order valence-electron chi connectivity index (χ0n) is 31.3. The zero-order valence-corrected chi connectivity index (χ0v) is 32.3. The van der Waals surface area contributed by atoms with Gasteiger partial charge in [0.05, 0.1) is 28.9 Å². The minimum absolute atomic E-state index is 0. The summed E-state index contributed by atoms with van der Waals surface area (Å²) in [5.41, 5.74) is 3.76. The highest BCUT2D eigenvalue weighted by molar-refractivity contribution is 7.59. The highest BCUT2D eigenvalue weighted by Gasteiger charge is 2.63. The van der Waals surface area contributed by atoms with E-state index in [0.717, 1.165) is 30.5 Å². The first kappa shape index (κ1) is 46.5. The number of nitrogens with zero attached hydrogens (tertiary/aromatic N) is 4. The molecule has 1 amide bonds. The topological polar surface area (TPSA) is 129 Å². The molecule has 2 saturated heterocycles. The first-order valence-electron chi connectivity index (χ1n) is 17.8. The van der Waals surface area contributed by atoms with Crippen LogP contribution in [0, 0.1) is 16.7 Å². The number of carboxylic acids is 1. The Morgan fingerprint density at radius 1 is 0.898 bits per heavy atom. The summed E-state index contributed by atoms with van der Waals surface area (Å²) in [4.78, 5) is 48.2. The maximum Gasteiger partial charge on any atom is 0.416 e. The number of pyridine rings is 1. The van der Waals surface area contributed by atoms with E-state index < -0.39 is 52.4 Å². The van der Waals surface area contributed by atoms with Gasteiger partial charge in [0.1, 0.15) is 11.7 Å². The molecule has 1 unspecified atom stereocenters. The van der Waals surface area contributed by atoms with E-state index >= 15 is 0 Å². The molecule has 3 aliphatic rings. The van der Waals surface area contributed by atoms with E-state index in [4.69, 9.17) is 5.73 Å². The Bertz CT molecular complexity index is 2070. The van der Waals surface area contributed by atoms with Gasteiger partial charge in [0.2, 0.25) is 0 Å². The van der Waals surface area contributed by atoms with Crippen LogP contribution >= 0.6 is 13.5 Å². The van der Waals surface area contributed by atoms with E-state index in [9.17, 15) is 59.0 Å². The van der Waals surface area contributed by atoms with Crippen molar-refractivity contribution in [2.75, 3.05) is 33.2 Å². The number of alkyl halides is 9. The van der Waals surface area contributed by atoms with Crippen LogP contribution < -0.4 is 5.73 Å². The second-order valence-electron chi connectivity index (χ2n) is 14.6. The molecule has 3 aromatic rings. The Morgan fingerprint density at radius 3 is 1.93 bits per heavy atom. The highest BCUT2D eigenvalue weighted by Crippen LogP contribution is 2.55. The van der Waals surface area contributed by atoms with Gasteiger partial charge in [-0.15, -0.1) is 0 Å². The van der Waals surface area contributed by atoms with E-state index in [-0.39, 0.29) is 69.2 Å². The van der Waals surface area contributed by atoms with Crippen LogP contribution in [0.5, 0.6) is 0 Å². The largest absolute Gasteiger partial charge is 0.478 e. The minimum atomic E-state index is -4.48. The predicted octanol–water partition coefficient (Wildman–Crippen LogP) is 7.48. The third kappa shape index (κ3) is 11.1. The summed E-state index contributed by atoms with van der Waals surface area (Å²) < 4.78 is 113. The van der Waals surface area contributed by atoms with Crippen molar-refractivity contribution in [2.45, 2.75) is 44.3 Å². The molecule has 19 heteroatoms. The molecular formula is C40H40F9N5O4S. The maximum absolute atomic E-state index is 13.5. The molecule has 59 heavy (non-hydrogen) atoms. The van der Waals surface area contributed by atoms with E-state index in [0.29, 0.717) is 42.1 Å². The lowest BCUT2D eigenvalue weighted by Gasteiger charge is -2.49. The molecule has 0 bridgehead atoms. The number of carbonyl (C=O) groups is 3. The van der Waals surface area contributed by atoms with E-state index in [2.05, 4.69) is 14.9 Å². The molecule has 6 rings (SSSR count). The molecule has 2 aromatic carbocycles. The van der Waals surface area contributed by atoms with E-state index in [1.807, 2.05) is 7.05 Å². The number of aliphatic imine (C=N–C) groups is 1. The van der Waals surface area contributed by atoms with Gasteiger partial charge in [0.15, 0.2) is 0 Å². The number of likely N-dealkylation sites (tertiary alicyclic amines) is 2. The van der Waals surface area contributed by atoms with Crippen LogP contribution in [0.4, 0.5) is 39.5 Å². The molecule has 3 N–H and O–H groups in total. The number of aromatic nitrogens is 1. The van der Waals surface area contributed by atoms with Crippen molar-refractivity contribution in [3.63, 3.8) is 0 Å². The second kappa shape index (κ2) is 18.0. The summed E-state index contributed by atoms with van der Waals surface area (Å²) in [7, 11) is 1.92. The molecule has 2 aliphatic heterocycles. The average molecular weight is 858 g/mol. The predicted molar refractivity (Wildman–Crippen MR) is 204 cm³/mol. The maximum atomic E-state index is 13.5. The Morgan fingerprint density at radius 2 is 1.47 bits per heavy atom. The number of aliphatic carboxylic acids is 1. The lowest BCUT2D eigenvalue weighted by atomic mass is 9.71. The number of benzene rings is 2. The number of amides is 1. The molecular weight excluding hydrogens is 818 g/mol. The lowest BCUT2D eigenvalue weighted by molar-refractivity contribution is -0.184. The third-order valence-electron chi connectivity index (χ3n) is 10.3. The molecule has 318 valence electrons. The Hall–Kier alpha value is -5.17. The summed E-state index contributed by atoms with van der Waals surface area (Å²) in [6, 6.07) is 14.0. The lowest BCUT2D eigenvalue weighted by Crippen LogP contribution is -2.58. The van der Waals surface area contributed by atoms with Gasteiger partial charge in [-0.1, -0.05) is 36.4 Å². The summed E-state index contributed by atoms with van der Waals surface area (Å²) >= 11 is 0. The third-order valence-corrected chi connectivity index (χ3v) is 10.3. The molecule has 9 nitrogen and oxygen atoms in total. The van der Waals surface area contributed by atoms with Crippen LogP contribution in [0.25, 0.3) is 11.3 Å². The number of rotatable bonds is 10. The van der Waals surface area contributed by atoms with Crippen molar-refractivity contribution in [3.05, 3.63) is 113 Å². The minimum Gasteiger partial charge on any atom is -0.478 e. The number of carboxylic acid groups (broad SMARTS) is 1. The molecule has 1 aromatic heterocycles. The standard InChI is InChI=1S/C35H33F6N5O3.C5H5F3O.H2S/c1-45-19-33(20-45)21-46(31(47)25(15-42)17-43-16-22-5-9-26(10-6-22)34(36,37)38)18-28(33)13-24(32(48)49)14-29-3-2-4-30(44-29)23-7-11-27(12-8-23)35(39,40)41;6-5(7,8)4(3-9)1-2-4;/h2-13,15,17,28H,14,16,18-21,42H2,1H3,(H,48,49);3H,1-2H2;1H2/b24-13-,25-15+,43-17?;;. The van der Waals surface area contributed by atoms with Crippen molar-refractivity contribution in [3.8, 4) is 11.3 Å². The Labute approximate surface area is 339 Å². The summed E-state index contributed by atoms with van der Waals surface area (Å²) in [6.45, 7) is 1.83. The van der Waals surface area contributed by atoms with E-state index in [1.165, 1.54) is 30.5 Å². The van der Waals surface area contributed by atoms with Crippen molar-refractivity contribution < 1.29 is 59.0 Å². The van der Waals surface area contributed by atoms with Gasteiger partial charge in [-0.25, -0.2) is 4.79 Å². The van der Waals surface area contributed by atoms with Gasteiger partial charge in [-0.2, -0.15) is 53.0 Å². The normalized spacial score (nSPS) is 19.1. The fourth-order valence-corrected chi connectivity index (χ4v) is 6.96. The van der Waals surface area contributed by atoms with Crippen LogP contribution in [0.15, 0.2) is 95.1 Å². The zero-order chi connectivity index (χ0) is 42.7. The molecule has 1 aliphatic carbocycles. The second-order valence-corrected chi connectivity index (χ2v) is 14.6. The van der Waals surface area contributed by atoms with Crippen molar-refractivity contribution in [2.24, 2.45) is 27.5 Å². The van der Waals surface area contributed by atoms with E-state index in [1.54, 1.807) is 29.2 Å². The molecule has 1 saturated carbocycles. The molecule has 3 fully saturated rings. The van der Waals surface area contributed by atoms with Gasteiger partial charge in [0, 0.05) is 73.2 Å². The quantitative estimate of drug-likeness (QED) is 0.0937. The number of nitrogens with two attached hydrogens (primary N) is 1. The molecule has 3 heterocycles. The monoisotopic (exact) mass is 857 g/mol. The van der Waals surface area contributed by atoms with Crippen molar-refractivity contribution >= 4 is 37.9 Å². The van der Waals surface area contributed by atoms with Gasteiger partial charge in [-0.05, 0) is 61.9 Å². The van der Waals surface area contributed by atoms with Crippen molar-refractivity contribution in [1.29, 1.82) is 0 Å². The van der Waals surface area contributed by atoms with Crippen LogP contribution in [0.3, 0.4) is 0 Å². The molecule has 1 spiro atoms. The fraction of sp³-hybridized carbons (Fsp3) is 0.375. The fourth-order valence-electron chi connectivity index (χ4n) is 6.96.